The zero-order valence-corrected chi connectivity index (χ0v) is 22.0. The highest BCUT2D eigenvalue weighted by atomic mass is 79.9. The summed E-state index contributed by atoms with van der Waals surface area (Å²) in [7, 11) is 0. The Balaban J connectivity index is 1.37. The molecular formula is C30H27BrN2O4. The summed E-state index contributed by atoms with van der Waals surface area (Å²) in [4.78, 5) is 12.6. The molecule has 0 fully saturated rings. The number of amides is 1. The van der Waals surface area contributed by atoms with E-state index in [-0.39, 0.29) is 5.91 Å². The van der Waals surface area contributed by atoms with Crippen LogP contribution in [0.3, 0.4) is 0 Å². The van der Waals surface area contributed by atoms with Crippen molar-refractivity contribution in [2.24, 2.45) is 5.10 Å². The van der Waals surface area contributed by atoms with Crippen molar-refractivity contribution < 1.29 is 19.0 Å². The molecule has 0 saturated carbocycles. The van der Waals surface area contributed by atoms with Gasteiger partial charge >= 0.3 is 0 Å². The average molecular weight is 559 g/mol. The highest BCUT2D eigenvalue weighted by Crippen LogP contribution is 2.29. The van der Waals surface area contributed by atoms with Gasteiger partial charge in [0.1, 0.15) is 19.0 Å². The second-order valence-electron chi connectivity index (χ2n) is 8.01. The van der Waals surface area contributed by atoms with Crippen LogP contribution in [0.15, 0.2) is 101 Å². The second kappa shape index (κ2) is 12.7. The van der Waals surface area contributed by atoms with Gasteiger partial charge in [-0.25, -0.2) is 5.43 Å². The Labute approximate surface area is 224 Å². The summed E-state index contributed by atoms with van der Waals surface area (Å²) in [6, 6.07) is 25.0. The number of halogens is 1. The normalized spacial score (nSPS) is 10.9. The van der Waals surface area contributed by atoms with E-state index in [1.807, 2.05) is 43.3 Å². The molecular weight excluding hydrogens is 532 g/mol. The van der Waals surface area contributed by atoms with E-state index in [1.54, 1.807) is 30.5 Å². The molecule has 1 amide bonds. The van der Waals surface area contributed by atoms with Gasteiger partial charge in [0.25, 0.3) is 5.91 Å². The van der Waals surface area contributed by atoms with Crippen molar-refractivity contribution in [1.29, 1.82) is 0 Å². The Kier molecular flexibility index (Phi) is 8.94. The van der Waals surface area contributed by atoms with Gasteiger partial charge in [0, 0.05) is 5.56 Å². The maximum Gasteiger partial charge on any atom is 0.271 e. The molecule has 0 spiro atoms. The number of ether oxygens (including phenoxy) is 3. The van der Waals surface area contributed by atoms with Crippen molar-refractivity contribution in [2.45, 2.75) is 13.5 Å². The lowest BCUT2D eigenvalue weighted by Crippen LogP contribution is -2.17. The third kappa shape index (κ3) is 6.77. The Bertz CT molecular complexity index is 1430. The van der Waals surface area contributed by atoms with Crippen LogP contribution in [0.25, 0.3) is 10.8 Å². The molecule has 4 rings (SSSR count). The van der Waals surface area contributed by atoms with Gasteiger partial charge in [0.05, 0.1) is 17.3 Å². The van der Waals surface area contributed by atoms with Crippen LogP contribution in [0.5, 0.6) is 17.2 Å². The minimum absolute atomic E-state index is 0.346. The monoisotopic (exact) mass is 558 g/mol. The van der Waals surface area contributed by atoms with E-state index in [2.05, 4.69) is 57.3 Å². The van der Waals surface area contributed by atoms with E-state index in [4.69, 9.17) is 14.2 Å². The van der Waals surface area contributed by atoms with E-state index in [1.165, 1.54) is 10.8 Å². The van der Waals surface area contributed by atoms with Crippen LogP contribution >= 0.6 is 15.9 Å². The second-order valence-corrected chi connectivity index (χ2v) is 8.86. The van der Waals surface area contributed by atoms with Gasteiger partial charge in [-0.2, -0.15) is 5.10 Å². The Hall–Kier alpha value is -4.10. The van der Waals surface area contributed by atoms with Crippen molar-refractivity contribution >= 4 is 38.8 Å². The van der Waals surface area contributed by atoms with Gasteiger partial charge < -0.3 is 14.2 Å². The highest BCUT2D eigenvalue weighted by molar-refractivity contribution is 9.10. The maximum absolute atomic E-state index is 12.6. The standard InChI is InChI=1S/C30H27BrN2O4/c1-3-16-36-28-15-13-23(18-29(28)35-4-2)30(34)33-32-19-21-12-14-27(26(31)17-21)37-20-24-10-7-9-22-8-5-6-11-25(22)24/h3,5-15,17-19H,1,4,16,20H2,2H3,(H,33,34)/b32-19+. The molecule has 0 bridgehead atoms. The van der Waals surface area contributed by atoms with Crippen LogP contribution < -0.4 is 19.6 Å². The summed E-state index contributed by atoms with van der Waals surface area (Å²) in [6.45, 7) is 6.75. The number of hydrazone groups is 1. The lowest BCUT2D eigenvalue weighted by Gasteiger charge is -2.12. The van der Waals surface area contributed by atoms with Crippen LogP contribution in [-0.2, 0) is 6.61 Å². The third-order valence-corrected chi connectivity index (χ3v) is 6.08. The number of carbonyl (C=O) groups is 1. The van der Waals surface area contributed by atoms with Gasteiger partial charge in [0.15, 0.2) is 11.5 Å². The lowest BCUT2D eigenvalue weighted by molar-refractivity contribution is 0.0954. The third-order valence-electron chi connectivity index (χ3n) is 5.46. The molecule has 37 heavy (non-hydrogen) atoms. The number of hydrogen-bond acceptors (Lipinski definition) is 5. The van der Waals surface area contributed by atoms with Crippen molar-refractivity contribution in [2.75, 3.05) is 13.2 Å². The molecule has 0 unspecified atom stereocenters. The van der Waals surface area contributed by atoms with Crippen LogP contribution in [0.1, 0.15) is 28.4 Å². The topological polar surface area (TPSA) is 69.2 Å². The molecule has 0 heterocycles. The first-order valence-electron chi connectivity index (χ1n) is 11.8. The van der Waals surface area contributed by atoms with Crippen LogP contribution in [0.2, 0.25) is 0 Å². The number of benzene rings is 4. The molecule has 7 heteroatoms. The molecule has 0 aliphatic rings. The van der Waals surface area contributed by atoms with E-state index in [9.17, 15) is 4.79 Å². The quantitative estimate of drug-likeness (QED) is 0.123. The molecule has 1 N–H and O–H groups in total. The summed E-state index contributed by atoms with van der Waals surface area (Å²) in [5, 5.41) is 6.45. The van der Waals surface area contributed by atoms with Crippen molar-refractivity contribution in [3.8, 4) is 17.2 Å². The van der Waals surface area contributed by atoms with Crippen LogP contribution in [0.4, 0.5) is 0 Å². The number of rotatable bonds is 11. The Morgan fingerprint density at radius 1 is 0.946 bits per heavy atom. The Morgan fingerprint density at radius 3 is 2.57 bits per heavy atom. The molecule has 0 aromatic heterocycles. The molecule has 0 saturated heterocycles. The fourth-order valence-corrected chi connectivity index (χ4v) is 4.21. The summed E-state index contributed by atoms with van der Waals surface area (Å²) in [5.74, 6) is 1.40. The Morgan fingerprint density at radius 2 is 1.76 bits per heavy atom. The molecule has 188 valence electrons. The molecule has 0 aliphatic heterocycles. The van der Waals surface area contributed by atoms with Gasteiger partial charge in [0.2, 0.25) is 0 Å². The van der Waals surface area contributed by atoms with E-state index in [0.717, 1.165) is 21.3 Å². The first kappa shape index (κ1) is 26.0. The predicted octanol–water partition coefficient (Wildman–Crippen LogP) is 6.91. The van der Waals surface area contributed by atoms with Crippen molar-refractivity contribution in [3.63, 3.8) is 0 Å². The number of nitrogens with zero attached hydrogens (tertiary/aromatic N) is 1. The first-order valence-corrected chi connectivity index (χ1v) is 12.6. The van der Waals surface area contributed by atoms with Gasteiger partial charge in [-0.3, -0.25) is 4.79 Å². The van der Waals surface area contributed by atoms with E-state index in [0.29, 0.717) is 36.9 Å². The van der Waals surface area contributed by atoms with Crippen LogP contribution in [0, 0.1) is 0 Å². The minimum atomic E-state index is -0.360. The first-order chi connectivity index (χ1) is 18.1. The number of fused-ring (bicyclic) bond motifs is 1. The summed E-state index contributed by atoms with van der Waals surface area (Å²) < 4.78 is 18.0. The molecule has 0 atom stereocenters. The summed E-state index contributed by atoms with van der Waals surface area (Å²) in [6.07, 6.45) is 3.22. The number of carbonyl (C=O) groups excluding carboxylic acids is 1. The SMILES string of the molecule is C=CCOc1ccc(C(=O)N/N=C/c2ccc(OCc3cccc4ccccc34)c(Br)c2)cc1OCC. The van der Waals surface area contributed by atoms with E-state index >= 15 is 0 Å². The van der Waals surface area contributed by atoms with Gasteiger partial charge in [-0.05, 0) is 81.2 Å². The molecule has 4 aromatic carbocycles. The fraction of sp³-hybridized carbons (Fsp3) is 0.133. The van der Waals surface area contributed by atoms with Crippen molar-refractivity contribution in [3.05, 3.63) is 113 Å². The van der Waals surface area contributed by atoms with E-state index < -0.39 is 0 Å². The van der Waals surface area contributed by atoms with Crippen molar-refractivity contribution in [1.82, 2.24) is 5.43 Å². The molecule has 6 nitrogen and oxygen atoms in total. The largest absolute Gasteiger partial charge is 0.490 e. The molecule has 0 aliphatic carbocycles. The highest BCUT2D eigenvalue weighted by Gasteiger charge is 2.11. The average Bonchev–Trinajstić information content (AvgIpc) is 2.92. The number of hydrogen-bond donors (Lipinski definition) is 1. The smallest absolute Gasteiger partial charge is 0.271 e. The zero-order valence-electron chi connectivity index (χ0n) is 20.4. The molecule has 0 radical (unpaired) electrons. The zero-order chi connectivity index (χ0) is 26.0. The lowest BCUT2D eigenvalue weighted by atomic mass is 10.1. The predicted molar refractivity (Wildman–Crippen MR) is 151 cm³/mol. The summed E-state index contributed by atoms with van der Waals surface area (Å²) in [5.41, 5.74) is 4.87. The molecule has 4 aromatic rings. The van der Waals surface area contributed by atoms with Crippen LogP contribution in [-0.4, -0.2) is 25.3 Å². The van der Waals surface area contributed by atoms with Gasteiger partial charge in [-0.15, -0.1) is 0 Å². The fourth-order valence-electron chi connectivity index (χ4n) is 3.70. The van der Waals surface area contributed by atoms with Gasteiger partial charge in [-0.1, -0.05) is 55.1 Å². The minimum Gasteiger partial charge on any atom is -0.490 e. The maximum atomic E-state index is 12.6. The number of nitrogens with one attached hydrogen (secondary N) is 1. The summed E-state index contributed by atoms with van der Waals surface area (Å²) >= 11 is 3.57.